The minimum atomic E-state index is -0.410. The number of ether oxygens (including phenoxy) is 1. The average molecular weight is 284 g/mol. The molecule has 0 unspecified atom stereocenters. The van der Waals surface area contributed by atoms with Crippen LogP contribution >= 0.6 is 0 Å². The number of rotatable bonds is 3. The molecule has 0 radical (unpaired) electrons. The molecule has 0 saturated heterocycles. The minimum absolute atomic E-state index is 0.410. The lowest BCUT2D eigenvalue weighted by molar-refractivity contribution is 0.0602. The summed E-state index contributed by atoms with van der Waals surface area (Å²) in [7, 11) is 1.36. The number of nitrogen functional groups attached to an aromatic ring is 1. The van der Waals surface area contributed by atoms with E-state index >= 15 is 0 Å². The van der Waals surface area contributed by atoms with Crippen molar-refractivity contribution >= 4 is 23.0 Å². The quantitative estimate of drug-likeness (QED) is 0.666. The maximum atomic E-state index is 11.9. The van der Waals surface area contributed by atoms with E-state index in [0.717, 1.165) is 16.8 Å². The van der Waals surface area contributed by atoms with Crippen LogP contribution in [0.2, 0.25) is 0 Å². The maximum absolute atomic E-state index is 11.9. The number of esters is 1. The summed E-state index contributed by atoms with van der Waals surface area (Å²) in [6.07, 6.45) is 0. The van der Waals surface area contributed by atoms with Gasteiger partial charge in [-0.15, -0.1) is 0 Å². The fourth-order valence-corrected chi connectivity index (χ4v) is 2.49. The Morgan fingerprint density at radius 3 is 2.29 bits per heavy atom. The SMILES string of the molecule is COC(=O)c1cccc(N)c1Nc1c(C)cc(C)cc1C. The summed E-state index contributed by atoms with van der Waals surface area (Å²) < 4.78 is 4.81. The van der Waals surface area contributed by atoms with E-state index in [2.05, 4.69) is 24.4 Å². The fraction of sp³-hybridized carbons (Fsp3) is 0.235. The number of carbonyl (C=O) groups is 1. The molecule has 21 heavy (non-hydrogen) atoms. The first-order valence-corrected chi connectivity index (χ1v) is 6.75. The van der Waals surface area contributed by atoms with Crippen LogP contribution in [0.4, 0.5) is 17.1 Å². The van der Waals surface area contributed by atoms with Gasteiger partial charge < -0.3 is 15.8 Å². The van der Waals surface area contributed by atoms with Crippen molar-refractivity contribution in [3.05, 3.63) is 52.6 Å². The molecule has 4 heteroatoms. The summed E-state index contributed by atoms with van der Waals surface area (Å²) in [6, 6.07) is 9.37. The van der Waals surface area contributed by atoms with Crippen molar-refractivity contribution in [1.82, 2.24) is 0 Å². The van der Waals surface area contributed by atoms with Gasteiger partial charge in [-0.25, -0.2) is 4.79 Å². The maximum Gasteiger partial charge on any atom is 0.340 e. The monoisotopic (exact) mass is 284 g/mol. The van der Waals surface area contributed by atoms with E-state index in [9.17, 15) is 4.79 Å². The second-order valence-corrected chi connectivity index (χ2v) is 5.16. The van der Waals surface area contributed by atoms with Crippen molar-refractivity contribution in [1.29, 1.82) is 0 Å². The number of carbonyl (C=O) groups excluding carboxylic acids is 1. The van der Waals surface area contributed by atoms with Gasteiger partial charge in [0.2, 0.25) is 0 Å². The second-order valence-electron chi connectivity index (χ2n) is 5.16. The average Bonchev–Trinajstić information content (AvgIpc) is 2.43. The standard InChI is InChI=1S/C17H20N2O2/c1-10-8-11(2)15(12(3)9-10)19-16-13(17(20)21-4)6-5-7-14(16)18/h5-9,19H,18H2,1-4H3. The molecule has 4 nitrogen and oxygen atoms in total. The van der Waals surface area contributed by atoms with Gasteiger partial charge in [-0.1, -0.05) is 23.8 Å². The molecule has 3 N–H and O–H groups in total. The van der Waals surface area contributed by atoms with Crippen molar-refractivity contribution in [2.24, 2.45) is 0 Å². The zero-order chi connectivity index (χ0) is 15.6. The Morgan fingerprint density at radius 1 is 1.10 bits per heavy atom. The highest BCUT2D eigenvalue weighted by Crippen LogP contribution is 2.31. The lowest BCUT2D eigenvalue weighted by Gasteiger charge is -2.17. The molecule has 0 fully saturated rings. The molecule has 0 saturated carbocycles. The molecule has 0 amide bonds. The molecule has 0 aromatic heterocycles. The number of methoxy groups -OCH3 is 1. The van der Waals surface area contributed by atoms with Crippen LogP contribution in [0.5, 0.6) is 0 Å². The third-order valence-electron chi connectivity index (χ3n) is 3.43. The molecule has 110 valence electrons. The molecule has 2 rings (SSSR count). The van der Waals surface area contributed by atoms with Crippen LogP contribution in [0.15, 0.2) is 30.3 Å². The molecule has 2 aromatic carbocycles. The number of hydrogen-bond acceptors (Lipinski definition) is 4. The number of hydrogen-bond donors (Lipinski definition) is 2. The first kappa shape index (κ1) is 14.9. The lowest BCUT2D eigenvalue weighted by atomic mass is 10.0. The third-order valence-corrected chi connectivity index (χ3v) is 3.43. The van der Waals surface area contributed by atoms with Crippen LogP contribution in [0, 0.1) is 20.8 Å². The lowest BCUT2D eigenvalue weighted by Crippen LogP contribution is -2.09. The summed E-state index contributed by atoms with van der Waals surface area (Å²) in [5, 5.41) is 3.29. The van der Waals surface area contributed by atoms with Gasteiger partial charge in [-0.3, -0.25) is 0 Å². The Hall–Kier alpha value is -2.49. The van der Waals surface area contributed by atoms with Crippen molar-refractivity contribution in [3.8, 4) is 0 Å². The Kier molecular flexibility index (Phi) is 4.17. The highest BCUT2D eigenvalue weighted by Gasteiger charge is 2.15. The Balaban J connectivity index is 2.52. The van der Waals surface area contributed by atoms with E-state index in [1.807, 2.05) is 13.8 Å². The number of aryl methyl sites for hydroxylation is 3. The normalized spacial score (nSPS) is 10.3. The number of nitrogens with one attached hydrogen (secondary N) is 1. The molecule has 0 spiro atoms. The van der Waals surface area contributed by atoms with E-state index in [1.54, 1.807) is 18.2 Å². The van der Waals surface area contributed by atoms with Gasteiger partial charge in [0.1, 0.15) is 0 Å². The van der Waals surface area contributed by atoms with Crippen LogP contribution in [0.1, 0.15) is 27.0 Å². The molecular weight excluding hydrogens is 264 g/mol. The predicted octanol–water partition coefficient (Wildman–Crippen LogP) is 3.72. The van der Waals surface area contributed by atoms with Gasteiger partial charge in [0.25, 0.3) is 0 Å². The van der Waals surface area contributed by atoms with Crippen LogP contribution in [-0.2, 0) is 4.74 Å². The summed E-state index contributed by atoms with van der Waals surface area (Å²) >= 11 is 0. The van der Waals surface area contributed by atoms with Gasteiger partial charge in [0, 0.05) is 5.69 Å². The van der Waals surface area contributed by atoms with Crippen LogP contribution in [0.3, 0.4) is 0 Å². The van der Waals surface area contributed by atoms with Crippen LogP contribution in [-0.4, -0.2) is 13.1 Å². The highest BCUT2D eigenvalue weighted by molar-refractivity contribution is 6.00. The van der Waals surface area contributed by atoms with Gasteiger partial charge in [0.15, 0.2) is 0 Å². The topological polar surface area (TPSA) is 64.3 Å². The zero-order valence-corrected chi connectivity index (χ0v) is 12.8. The van der Waals surface area contributed by atoms with Gasteiger partial charge >= 0.3 is 5.97 Å². The summed E-state index contributed by atoms with van der Waals surface area (Å²) in [5.41, 5.74) is 11.9. The van der Waals surface area contributed by atoms with E-state index in [0.29, 0.717) is 16.9 Å². The van der Waals surface area contributed by atoms with Crippen molar-refractivity contribution in [3.63, 3.8) is 0 Å². The second kappa shape index (κ2) is 5.87. The predicted molar refractivity (Wildman–Crippen MR) is 86.1 cm³/mol. The van der Waals surface area contributed by atoms with Gasteiger partial charge in [-0.05, 0) is 44.0 Å². The molecule has 0 aliphatic rings. The number of nitrogens with two attached hydrogens (primary N) is 1. The van der Waals surface area contributed by atoms with Crippen LogP contribution < -0.4 is 11.1 Å². The Labute approximate surface area is 124 Å². The first-order valence-electron chi connectivity index (χ1n) is 6.75. The molecule has 0 aliphatic heterocycles. The number of anilines is 3. The summed E-state index contributed by atoms with van der Waals surface area (Å²) in [6.45, 7) is 6.11. The van der Waals surface area contributed by atoms with Gasteiger partial charge in [-0.2, -0.15) is 0 Å². The highest BCUT2D eigenvalue weighted by atomic mass is 16.5. The summed E-state index contributed by atoms with van der Waals surface area (Å²) in [4.78, 5) is 11.9. The minimum Gasteiger partial charge on any atom is -0.465 e. The molecular formula is C17H20N2O2. The Bertz CT molecular complexity index is 670. The van der Waals surface area contributed by atoms with E-state index in [1.165, 1.54) is 12.7 Å². The van der Waals surface area contributed by atoms with Crippen LogP contribution in [0.25, 0.3) is 0 Å². The molecule has 2 aromatic rings. The van der Waals surface area contributed by atoms with E-state index in [-0.39, 0.29) is 0 Å². The van der Waals surface area contributed by atoms with E-state index < -0.39 is 5.97 Å². The van der Waals surface area contributed by atoms with E-state index in [4.69, 9.17) is 10.5 Å². The smallest absolute Gasteiger partial charge is 0.340 e. The first-order chi connectivity index (χ1) is 9.93. The van der Waals surface area contributed by atoms with Gasteiger partial charge in [0.05, 0.1) is 24.0 Å². The molecule has 0 atom stereocenters. The third kappa shape index (κ3) is 2.99. The number of para-hydroxylation sites is 1. The zero-order valence-electron chi connectivity index (χ0n) is 12.8. The fourth-order valence-electron chi connectivity index (χ4n) is 2.49. The molecule has 0 heterocycles. The van der Waals surface area contributed by atoms with Crippen molar-refractivity contribution in [2.75, 3.05) is 18.2 Å². The van der Waals surface area contributed by atoms with Crippen molar-refractivity contribution < 1.29 is 9.53 Å². The van der Waals surface area contributed by atoms with Crippen molar-refractivity contribution in [2.45, 2.75) is 20.8 Å². The molecule has 0 aliphatic carbocycles. The summed E-state index contributed by atoms with van der Waals surface area (Å²) in [5.74, 6) is -0.410. The largest absolute Gasteiger partial charge is 0.465 e. The Morgan fingerprint density at radius 2 is 1.71 bits per heavy atom. The molecule has 0 bridgehead atoms. The number of benzene rings is 2.